The van der Waals surface area contributed by atoms with Gasteiger partial charge in [-0.3, -0.25) is 0 Å². The van der Waals surface area contributed by atoms with E-state index in [0.29, 0.717) is 11.8 Å². The number of benzene rings is 1. The minimum atomic E-state index is -0.0652. The van der Waals surface area contributed by atoms with E-state index in [1.54, 1.807) is 0 Å². The maximum absolute atomic E-state index is 9.63. The molecule has 1 nitrogen and oxygen atoms in total. The van der Waals surface area contributed by atoms with Crippen LogP contribution in [0, 0.1) is 12.8 Å². The molecule has 0 amide bonds. The lowest BCUT2D eigenvalue weighted by molar-refractivity contribution is -0.000914. The summed E-state index contributed by atoms with van der Waals surface area (Å²) in [6.45, 7) is 4.32. The standard InChI is InChI=1S/C13H18O/c1-3-10-12(8-13(10)14)11-7-5-4-6-9(11)2/h4-7,10,12-14H,3,8H2,1-2H3. The highest BCUT2D eigenvalue weighted by Gasteiger charge is 2.39. The molecule has 1 aromatic rings. The van der Waals surface area contributed by atoms with Gasteiger partial charge in [0.25, 0.3) is 0 Å². The first-order chi connectivity index (χ1) is 6.74. The Balaban J connectivity index is 2.21. The predicted octanol–water partition coefficient (Wildman–Crippen LogP) is 2.87. The van der Waals surface area contributed by atoms with Gasteiger partial charge >= 0.3 is 0 Å². The molecule has 0 heterocycles. The Hall–Kier alpha value is -0.820. The summed E-state index contributed by atoms with van der Waals surface area (Å²) in [6, 6.07) is 8.54. The van der Waals surface area contributed by atoms with E-state index in [4.69, 9.17) is 0 Å². The summed E-state index contributed by atoms with van der Waals surface area (Å²) in [7, 11) is 0. The van der Waals surface area contributed by atoms with Crippen LogP contribution in [-0.4, -0.2) is 11.2 Å². The van der Waals surface area contributed by atoms with Gasteiger partial charge in [0, 0.05) is 0 Å². The maximum atomic E-state index is 9.63. The molecule has 3 unspecified atom stereocenters. The Morgan fingerprint density at radius 2 is 2.07 bits per heavy atom. The molecule has 0 saturated heterocycles. The van der Waals surface area contributed by atoms with Gasteiger partial charge in [-0.05, 0) is 36.3 Å². The molecular formula is C13H18O. The van der Waals surface area contributed by atoms with Crippen LogP contribution in [-0.2, 0) is 0 Å². The smallest absolute Gasteiger partial charge is 0.0580 e. The lowest BCUT2D eigenvalue weighted by Crippen LogP contribution is -2.39. The first-order valence-corrected chi connectivity index (χ1v) is 5.47. The molecule has 1 heteroatoms. The molecular weight excluding hydrogens is 172 g/mol. The van der Waals surface area contributed by atoms with Crippen LogP contribution in [0.3, 0.4) is 0 Å². The molecule has 1 aromatic carbocycles. The Bertz CT molecular complexity index is 319. The second-order valence-electron chi connectivity index (χ2n) is 4.34. The molecule has 0 radical (unpaired) electrons. The molecule has 1 saturated carbocycles. The molecule has 0 spiro atoms. The normalized spacial score (nSPS) is 31.2. The molecule has 0 aromatic heterocycles. The third kappa shape index (κ3) is 1.46. The summed E-state index contributed by atoms with van der Waals surface area (Å²) in [6.07, 6.45) is 1.97. The van der Waals surface area contributed by atoms with Crippen molar-refractivity contribution in [1.29, 1.82) is 0 Å². The van der Waals surface area contributed by atoms with Crippen LogP contribution in [0.25, 0.3) is 0 Å². The highest BCUT2D eigenvalue weighted by atomic mass is 16.3. The third-order valence-corrected chi connectivity index (χ3v) is 3.57. The van der Waals surface area contributed by atoms with Gasteiger partial charge in [-0.2, -0.15) is 0 Å². The van der Waals surface area contributed by atoms with Gasteiger partial charge in [0.05, 0.1) is 6.10 Å². The largest absolute Gasteiger partial charge is 0.393 e. The summed E-state index contributed by atoms with van der Waals surface area (Å²) in [4.78, 5) is 0. The van der Waals surface area contributed by atoms with Crippen LogP contribution in [0.4, 0.5) is 0 Å². The van der Waals surface area contributed by atoms with Crippen LogP contribution in [0.15, 0.2) is 24.3 Å². The molecule has 14 heavy (non-hydrogen) atoms. The molecule has 1 fully saturated rings. The van der Waals surface area contributed by atoms with Gasteiger partial charge < -0.3 is 5.11 Å². The van der Waals surface area contributed by atoms with Crippen molar-refractivity contribution in [2.75, 3.05) is 0 Å². The molecule has 1 N–H and O–H groups in total. The predicted molar refractivity (Wildman–Crippen MR) is 58.3 cm³/mol. The number of aryl methyl sites for hydroxylation is 1. The summed E-state index contributed by atoms with van der Waals surface area (Å²) >= 11 is 0. The average molecular weight is 190 g/mol. The Kier molecular flexibility index (Phi) is 2.60. The van der Waals surface area contributed by atoms with Crippen molar-refractivity contribution < 1.29 is 5.11 Å². The first kappa shape index (κ1) is 9.72. The first-order valence-electron chi connectivity index (χ1n) is 5.47. The quantitative estimate of drug-likeness (QED) is 0.760. The van der Waals surface area contributed by atoms with Crippen LogP contribution in [0.1, 0.15) is 36.8 Å². The maximum Gasteiger partial charge on any atom is 0.0580 e. The molecule has 1 aliphatic rings. The summed E-state index contributed by atoms with van der Waals surface area (Å²) in [5, 5.41) is 9.63. The number of aliphatic hydroxyl groups excluding tert-OH is 1. The van der Waals surface area contributed by atoms with Gasteiger partial charge in [0.2, 0.25) is 0 Å². The van der Waals surface area contributed by atoms with Gasteiger partial charge in [0.1, 0.15) is 0 Å². The van der Waals surface area contributed by atoms with Crippen LogP contribution in [0.2, 0.25) is 0 Å². The Morgan fingerprint density at radius 1 is 1.36 bits per heavy atom. The second-order valence-corrected chi connectivity index (χ2v) is 4.34. The van der Waals surface area contributed by atoms with Gasteiger partial charge in [0.15, 0.2) is 0 Å². The fourth-order valence-electron chi connectivity index (χ4n) is 2.60. The molecule has 1 aliphatic carbocycles. The van der Waals surface area contributed by atoms with Crippen LogP contribution < -0.4 is 0 Å². The lowest BCUT2D eigenvalue weighted by atomic mass is 9.66. The number of rotatable bonds is 2. The van der Waals surface area contributed by atoms with Crippen molar-refractivity contribution in [3.8, 4) is 0 Å². The van der Waals surface area contributed by atoms with Gasteiger partial charge in [-0.25, -0.2) is 0 Å². The van der Waals surface area contributed by atoms with Crippen LogP contribution in [0.5, 0.6) is 0 Å². The average Bonchev–Trinajstić information content (AvgIpc) is 2.16. The molecule has 76 valence electrons. The minimum Gasteiger partial charge on any atom is -0.393 e. The van der Waals surface area contributed by atoms with Gasteiger partial charge in [-0.1, -0.05) is 37.6 Å². The van der Waals surface area contributed by atoms with E-state index >= 15 is 0 Å². The monoisotopic (exact) mass is 190 g/mol. The zero-order chi connectivity index (χ0) is 10.1. The molecule has 0 aliphatic heterocycles. The fraction of sp³-hybridized carbons (Fsp3) is 0.538. The minimum absolute atomic E-state index is 0.0652. The zero-order valence-corrected chi connectivity index (χ0v) is 8.90. The fourth-order valence-corrected chi connectivity index (χ4v) is 2.60. The Morgan fingerprint density at radius 3 is 2.64 bits per heavy atom. The van der Waals surface area contributed by atoms with E-state index in [-0.39, 0.29) is 6.10 Å². The van der Waals surface area contributed by atoms with Crippen molar-refractivity contribution in [3.63, 3.8) is 0 Å². The highest BCUT2D eigenvalue weighted by Crippen LogP contribution is 2.45. The van der Waals surface area contributed by atoms with Crippen molar-refractivity contribution >= 4 is 0 Å². The van der Waals surface area contributed by atoms with E-state index in [2.05, 4.69) is 38.1 Å². The van der Waals surface area contributed by atoms with Crippen LogP contribution >= 0.6 is 0 Å². The molecule has 0 bridgehead atoms. The summed E-state index contributed by atoms with van der Waals surface area (Å²) in [5.41, 5.74) is 2.80. The molecule has 2 rings (SSSR count). The Labute approximate surface area is 85.8 Å². The number of aliphatic hydroxyl groups is 1. The van der Waals surface area contributed by atoms with Crippen molar-refractivity contribution in [2.45, 2.75) is 38.7 Å². The van der Waals surface area contributed by atoms with Crippen molar-refractivity contribution in [2.24, 2.45) is 5.92 Å². The zero-order valence-electron chi connectivity index (χ0n) is 8.90. The summed E-state index contributed by atoms with van der Waals surface area (Å²) in [5.74, 6) is 1.08. The van der Waals surface area contributed by atoms with Gasteiger partial charge in [-0.15, -0.1) is 0 Å². The van der Waals surface area contributed by atoms with Crippen molar-refractivity contribution in [3.05, 3.63) is 35.4 Å². The number of hydrogen-bond donors (Lipinski definition) is 1. The van der Waals surface area contributed by atoms with E-state index in [9.17, 15) is 5.11 Å². The summed E-state index contributed by atoms with van der Waals surface area (Å²) < 4.78 is 0. The van der Waals surface area contributed by atoms with E-state index in [0.717, 1.165) is 12.8 Å². The lowest BCUT2D eigenvalue weighted by Gasteiger charge is -2.42. The van der Waals surface area contributed by atoms with E-state index in [1.807, 2.05) is 0 Å². The SMILES string of the molecule is CCC1C(O)CC1c1ccccc1C. The molecule has 3 atom stereocenters. The van der Waals surface area contributed by atoms with E-state index in [1.165, 1.54) is 11.1 Å². The topological polar surface area (TPSA) is 20.2 Å². The third-order valence-electron chi connectivity index (χ3n) is 3.57. The number of hydrogen-bond acceptors (Lipinski definition) is 1. The second kappa shape index (κ2) is 3.74. The van der Waals surface area contributed by atoms with E-state index < -0.39 is 0 Å². The highest BCUT2D eigenvalue weighted by molar-refractivity contribution is 5.32. The van der Waals surface area contributed by atoms with Crippen molar-refractivity contribution in [1.82, 2.24) is 0 Å².